The molecule has 0 spiro atoms. The van der Waals surface area contributed by atoms with Crippen molar-refractivity contribution in [3.63, 3.8) is 0 Å². The van der Waals surface area contributed by atoms with Crippen LogP contribution in [0.4, 0.5) is 0 Å². The number of aryl methyl sites for hydroxylation is 1. The van der Waals surface area contributed by atoms with Gasteiger partial charge in [-0.1, -0.05) is 18.2 Å². The largest absolute Gasteiger partial charge is 0.493 e. The lowest BCUT2D eigenvalue weighted by Crippen LogP contribution is -2.49. The first kappa shape index (κ1) is 32.5. The first-order valence-corrected chi connectivity index (χ1v) is 14.2. The molecule has 3 heterocycles. The van der Waals surface area contributed by atoms with Crippen LogP contribution in [-0.2, 0) is 34.9 Å². The highest BCUT2D eigenvalue weighted by Crippen LogP contribution is 2.39. The van der Waals surface area contributed by atoms with Crippen LogP contribution in [0.1, 0.15) is 5.56 Å². The van der Waals surface area contributed by atoms with Gasteiger partial charge in [-0.05, 0) is 17.7 Å². The Labute approximate surface area is 255 Å². The molecule has 1 aliphatic heterocycles. The second-order valence-electron chi connectivity index (χ2n) is 10.1. The maximum absolute atomic E-state index is 12.8. The van der Waals surface area contributed by atoms with Gasteiger partial charge in [0.15, 0.2) is 29.5 Å². The van der Waals surface area contributed by atoms with E-state index in [1.807, 2.05) is 23.1 Å². The number of hydrogen-bond acceptors (Lipinski definition) is 10. The summed E-state index contributed by atoms with van der Waals surface area (Å²) < 4.78 is 31.3. The van der Waals surface area contributed by atoms with E-state index in [2.05, 4.69) is 9.88 Å². The average Bonchev–Trinajstić information content (AvgIpc) is 3.48. The minimum Gasteiger partial charge on any atom is -0.493 e. The number of imidazole rings is 1. The fourth-order valence-corrected chi connectivity index (χ4v) is 4.86. The van der Waals surface area contributed by atoms with E-state index in [0.717, 1.165) is 10.1 Å². The molecule has 0 N–H and O–H groups in total. The zero-order valence-electron chi connectivity index (χ0n) is 25.9. The van der Waals surface area contributed by atoms with Crippen molar-refractivity contribution in [2.45, 2.75) is 6.54 Å². The first-order valence-electron chi connectivity index (χ1n) is 14.2. The van der Waals surface area contributed by atoms with Gasteiger partial charge in [0, 0.05) is 66.5 Å². The monoisotopic (exact) mass is 612 g/mol. The van der Waals surface area contributed by atoms with Crippen molar-refractivity contribution in [1.29, 1.82) is 0 Å². The number of ether oxygens (including phenoxy) is 5. The second kappa shape index (κ2) is 15.4. The number of nitrogens with zero attached hydrogens (tertiary/aromatic N) is 6. The Balaban J connectivity index is 1.28. The molecular formula is C30H40N6O8. The van der Waals surface area contributed by atoms with E-state index in [1.165, 1.54) is 11.6 Å². The van der Waals surface area contributed by atoms with E-state index >= 15 is 0 Å². The molecule has 1 aromatic carbocycles. The number of carbonyl (C=O) groups is 1. The molecule has 1 saturated heterocycles. The summed E-state index contributed by atoms with van der Waals surface area (Å²) in [5.74, 6) is 1.36. The SMILES string of the molecule is COCCOCOc1c(OC)cc(/C=C/C=C/C(=O)N2CCN(CCn3cnc4c3c(=O)n(C)c(=O)n4C)CC2)cc1OC. The molecule has 14 nitrogen and oxygen atoms in total. The number of aromatic nitrogens is 4. The van der Waals surface area contributed by atoms with Crippen molar-refractivity contribution in [3.05, 3.63) is 63.1 Å². The van der Waals surface area contributed by atoms with E-state index in [1.54, 1.807) is 57.5 Å². The molecule has 0 unspecified atom stereocenters. The first-order chi connectivity index (χ1) is 21.3. The van der Waals surface area contributed by atoms with Crippen molar-refractivity contribution in [2.24, 2.45) is 14.1 Å². The maximum atomic E-state index is 12.8. The van der Waals surface area contributed by atoms with E-state index in [-0.39, 0.29) is 18.3 Å². The number of amides is 1. The topological polar surface area (TPSA) is 132 Å². The molecule has 0 aliphatic carbocycles. The predicted octanol–water partition coefficient (Wildman–Crippen LogP) is 0.864. The van der Waals surface area contributed by atoms with Crippen LogP contribution in [0.25, 0.3) is 17.2 Å². The Kier molecular flexibility index (Phi) is 11.4. The molecule has 0 bridgehead atoms. The summed E-state index contributed by atoms with van der Waals surface area (Å²) in [6.07, 6.45) is 8.48. The zero-order chi connectivity index (χ0) is 31.6. The lowest BCUT2D eigenvalue weighted by Gasteiger charge is -2.34. The third kappa shape index (κ3) is 7.56. The number of allylic oxidation sites excluding steroid dienone is 2. The molecule has 0 radical (unpaired) electrons. The molecule has 1 amide bonds. The Morgan fingerprint density at radius 3 is 2.30 bits per heavy atom. The van der Waals surface area contributed by atoms with E-state index in [0.29, 0.717) is 80.9 Å². The number of rotatable bonds is 14. The molecule has 1 aliphatic rings. The molecule has 14 heteroatoms. The van der Waals surface area contributed by atoms with Gasteiger partial charge in [0.2, 0.25) is 11.7 Å². The molecule has 3 aromatic rings. The van der Waals surface area contributed by atoms with Gasteiger partial charge < -0.3 is 33.2 Å². The quantitative estimate of drug-likeness (QED) is 0.112. The Morgan fingerprint density at radius 1 is 0.932 bits per heavy atom. The number of piperazine rings is 1. The number of hydrogen-bond donors (Lipinski definition) is 0. The van der Waals surface area contributed by atoms with E-state index in [9.17, 15) is 14.4 Å². The zero-order valence-corrected chi connectivity index (χ0v) is 25.9. The number of methoxy groups -OCH3 is 3. The normalized spacial score (nSPS) is 14.2. The van der Waals surface area contributed by atoms with Gasteiger partial charge in [0.1, 0.15) is 0 Å². The highest BCUT2D eigenvalue weighted by atomic mass is 16.7. The summed E-state index contributed by atoms with van der Waals surface area (Å²) in [7, 11) is 7.76. The average molecular weight is 613 g/mol. The summed E-state index contributed by atoms with van der Waals surface area (Å²) in [5, 5.41) is 0. The molecular weight excluding hydrogens is 572 g/mol. The summed E-state index contributed by atoms with van der Waals surface area (Å²) in [4.78, 5) is 46.0. The highest BCUT2D eigenvalue weighted by molar-refractivity contribution is 5.88. The Bertz CT molecular complexity index is 1590. The van der Waals surface area contributed by atoms with Gasteiger partial charge >= 0.3 is 5.69 Å². The lowest BCUT2D eigenvalue weighted by molar-refractivity contribution is -0.127. The van der Waals surface area contributed by atoms with Crippen molar-refractivity contribution in [1.82, 2.24) is 28.5 Å². The number of fused-ring (bicyclic) bond motifs is 1. The van der Waals surface area contributed by atoms with Crippen LogP contribution in [0.3, 0.4) is 0 Å². The fourth-order valence-electron chi connectivity index (χ4n) is 4.86. The lowest BCUT2D eigenvalue weighted by atomic mass is 10.1. The minimum atomic E-state index is -0.404. The molecule has 4 rings (SSSR count). The standard InChI is InChI=1S/C30H40N6O8/c1-32-28-26(29(38)33(2)30(32)39)36(20-31-28)15-12-34-10-13-35(14-11-34)25(37)9-7-6-8-22-18-23(41-4)27(24(19-22)42-5)44-21-43-17-16-40-3/h6-9,18-20H,10-17,21H2,1-5H3/b8-6+,9-7+. The predicted molar refractivity (Wildman–Crippen MR) is 164 cm³/mol. The second-order valence-corrected chi connectivity index (χ2v) is 10.1. The van der Waals surface area contributed by atoms with Gasteiger partial charge in [0.05, 0.1) is 33.8 Å². The van der Waals surface area contributed by atoms with Crippen LogP contribution in [0.2, 0.25) is 0 Å². The summed E-state index contributed by atoms with van der Waals surface area (Å²) in [6, 6.07) is 3.62. The molecule has 238 valence electrons. The molecule has 2 aromatic heterocycles. The fraction of sp³-hybridized carbons (Fsp3) is 0.467. The van der Waals surface area contributed by atoms with Crippen LogP contribution in [-0.4, -0.2) is 108 Å². The summed E-state index contributed by atoms with van der Waals surface area (Å²) >= 11 is 0. The van der Waals surface area contributed by atoms with Crippen LogP contribution >= 0.6 is 0 Å². The van der Waals surface area contributed by atoms with E-state index < -0.39 is 5.69 Å². The van der Waals surface area contributed by atoms with Crippen LogP contribution in [0.5, 0.6) is 17.2 Å². The minimum absolute atomic E-state index is 0.0244. The Hall–Kier alpha value is -4.40. The van der Waals surface area contributed by atoms with Crippen molar-refractivity contribution >= 4 is 23.1 Å². The maximum Gasteiger partial charge on any atom is 0.332 e. The van der Waals surface area contributed by atoms with Gasteiger partial charge in [-0.3, -0.25) is 23.6 Å². The molecule has 1 fully saturated rings. The smallest absolute Gasteiger partial charge is 0.332 e. The molecule has 44 heavy (non-hydrogen) atoms. The number of carbonyl (C=O) groups excluding carboxylic acids is 1. The van der Waals surface area contributed by atoms with Crippen molar-refractivity contribution < 1.29 is 28.5 Å². The van der Waals surface area contributed by atoms with Crippen molar-refractivity contribution in [3.8, 4) is 17.2 Å². The third-order valence-corrected chi connectivity index (χ3v) is 7.40. The van der Waals surface area contributed by atoms with Crippen LogP contribution in [0, 0.1) is 0 Å². The van der Waals surface area contributed by atoms with Gasteiger partial charge in [0.25, 0.3) is 5.56 Å². The molecule has 0 saturated carbocycles. The Morgan fingerprint density at radius 2 is 1.64 bits per heavy atom. The van der Waals surface area contributed by atoms with Gasteiger partial charge in [-0.2, -0.15) is 0 Å². The molecule has 0 atom stereocenters. The highest BCUT2D eigenvalue weighted by Gasteiger charge is 2.20. The van der Waals surface area contributed by atoms with E-state index in [4.69, 9.17) is 23.7 Å². The van der Waals surface area contributed by atoms with Gasteiger partial charge in [-0.25, -0.2) is 9.78 Å². The van der Waals surface area contributed by atoms with Crippen LogP contribution in [0.15, 0.2) is 46.3 Å². The third-order valence-electron chi connectivity index (χ3n) is 7.40. The summed E-state index contributed by atoms with van der Waals surface area (Å²) in [5.41, 5.74) is 0.826. The van der Waals surface area contributed by atoms with Crippen LogP contribution < -0.4 is 25.5 Å². The van der Waals surface area contributed by atoms with Crippen molar-refractivity contribution in [2.75, 3.05) is 74.1 Å². The van der Waals surface area contributed by atoms with Gasteiger partial charge in [-0.15, -0.1) is 0 Å². The number of benzene rings is 1. The summed E-state index contributed by atoms with van der Waals surface area (Å²) in [6.45, 7) is 4.75.